The van der Waals surface area contributed by atoms with Gasteiger partial charge < -0.3 is 15.1 Å². The quantitative estimate of drug-likeness (QED) is 0.894. The molecule has 1 aliphatic heterocycles. The van der Waals surface area contributed by atoms with Crippen molar-refractivity contribution in [1.29, 1.82) is 0 Å². The van der Waals surface area contributed by atoms with Gasteiger partial charge in [0.25, 0.3) is 5.91 Å². The molecule has 1 atom stereocenters. The van der Waals surface area contributed by atoms with Gasteiger partial charge in [0.05, 0.1) is 29.4 Å². The molecule has 0 saturated carbocycles. The molecule has 0 bridgehead atoms. The fraction of sp³-hybridized carbons (Fsp3) is 0.467. The first-order valence-electron chi connectivity index (χ1n) is 7.29. The van der Waals surface area contributed by atoms with Crippen molar-refractivity contribution in [2.45, 2.75) is 32.5 Å². The molecule has 2 N–H and O–H groups in total. The molecule has 1 amide bonds. The maximum Gasteiger partial charge on any atom is 0.264 e. The van der Waals surface area contributed by atoms with E-state index in [-0.39, 0.29) is 12.5 Å². The van der Waals surface area contributed by atoms with Crippen LogP contribution in [0.1, 0.15) is 38.5 Å². The lowest BCUT2D eigenvalue weighted by Gasteiger charge is -2.19. The second kappa shape index (κ2) is 6.20. The van der Waals surface area contributed by atoms with E-state index in [4.69, 9.17) is 5.11 Å². The number of nitrogens with zero attached hydrogens (tertiary/aromatic N) is 3. The molecule has 2 aromatic heterocycles. The third-order valence-electron chi connectivity index (χ3n) is 3.79. The first-order chi connectivity index (χ1) is 10.6. The van der Waals surface area contributed by atoms with Crippen LogP contribution in [0, 0.1) is 6.92 Å². The number of carbonyl (C=O) groups excluding carboxylic acids is 1. The van der Waals surface area contributed by atoms with Crippen molar-refractivity contribution in [3.63, 3.8) is 0 Å². The van der Waals surface area contributed by atoms with E-state index in [1.165, 1.54) is 11.3 Å². The number of fused-ring (bicyclic) bond motifs is 1. The van der Waals surface area contributed by atoms with Gasteiger partial charge in [0.15, 0.2) is 0 Å². The SMILES string of the molecule is Cc1ccc(C(=O)N2CCCn3nc([C@H](O)CO)cc3C2)s1. The van der Waals surface area contributed by atoms with Crippen molar-refractivity contribution in [3.8, 4) is 0 Å². The van der Waals surface area contributed by atoms with Gasteiger partial charge >= 0.3 is 0 Å². The molecule has 6 nitrogen and oxygen atoms in total. The van der Waals surface area contributed by atoms with E-state index >= 15 is 0 Å². The van der Waals surface area contributed by atoms with E-state index in [0.29, 0.717) is 25.3 Å². The minimum atomic E-state index is -0.969. The lowest BCUT2D eigenvalue weighted by atomic mass is 10.2. The molecule has 0 saturated heterocycles. The Labute approximate surface area is 132 Å². The summed E-state index contributed by atoms with van der Waals surface area (Å²) in [5, 5.41) is 23.1. The topological polar surface area (TPSA) is 78.6 Å². The van der Waals surface area contributed by atoms with Crippen LogP contribution in [0.25, 0.3) is 0 Å². The van der Waals surface area contributed by atoms with Crippen molar-refractivity contribution >= 4 is 17.2 Å². The van der Waals surface area contributed by atoms with E-state index in [0.717, 1.165) is 21.9 Å². The Hall–Kier alpha value is -1.70. The van der Waals surface area contributed by atoms with Crippen LogP contribution in [0.2, 0.25) is 0 Å². The minimum Gasteiger partial charge on any atom is -0.393 e. The number of hydrogen-bond acceptors (Lipinski definition) is 5. The molecule has 1 aliphatic rings. The largest absolute Gasteiger partial charge is 0.393 e. The van der Waals surface area contributed by atoms with Gasteiger partial charge in [-0.05, 0) is 31.5 Å². The number of thiophene rings is 1. The van der Waals surface area contributed by atoms with Gasteiger partial charge in [-0.25, -0.2) is 0 Å². The summed E-state index contributed by atoms with van der Waals surface area (Å²) in [5.41, 5.74) is 1.35. The van der Waals surface area contributed by atoms with Crippen LogP contribution in [0.5, 0.6) is 0 Å². The first kappa shape index (κ1) is 15.2. The number of aliphatic hydroxyl groups excluding tert-OH is 2. The van der Waals surface area contributed by atoms with Gasteiger partial charge in [-0.15, -0.1) is 11.3 Å². The maximum atomic E-state index is 12.6. The minimum absolute atomic E-state index is 0.0389. The van der Waals surface area contributed by atoms with Gasteiger partial charge in [0.1, 0.15) is 6.10 Å². The average Bonchev–Trinajstić information content (AvgIpc) is 3.07. The van der Waals surface area contributed by atoms with Crippen LogP contribution in [-0.2, 0) is 13.1 Å². The molecule has 0 radical (unpaired) electrons. The van der Waals surface area contributed by atoms with E-state index < -0.39 is 6.10 Å². The smallest absolute Gasteiger partial charge is 0.264 e. The molecule has 22 heavy (non-hydrogen) atoms. The summed E-state index contributed by atoms with van der Waals surface area (Å²) in [5.74, 6) is 0.0389. The highest BCUT2D eigenvalue weighted by Crippen LogP contribution is 2.22. The summed E-state index contributed by atoms with van der Waals surface area (Å²) < 4.78 is 1.82. The number of amides is 1. The monoisotopic (exact) mass is 321 g/mol. The van der Waals surface area contributed by atoms with Gasteiger partial charge in [0, 0.05) is 18.0 Å². The Morgan fingerprint density at radius 2 is 2.27 bits per heavy atom. The Morgan fingerprint density at radius 3 is 2.95 bits per heavy atom. The number of aliphatic hydroxyl groups is 2. The van der Waals surface area contributed by atoms with Crippen molar-refractivity contribution < 1.29 is 15.0 Å². The fourth-order valence-corrected chi connectivity index (χ4v) is 3.45. The van der Waals surface area contributed by atoms with Gasteiger partial charge in [0.2, 0.25) is 0 Å². The van der Waals surface area contributed by atoms with E-state index in [1.54, 1.807) is 6.07 Å². The molecule has 3 rings (SSSR count). The molecule has 0 fully saturated rings. The van der Waals surface area contributed by atoms with Crippen LogP contribution >= 0.6 is 11.3 Å². The van der Waals surface area contributed by atoms with E-state index in [1.807, 2.05) is 28.6 Å². The molecule has 3 heterocycles. The Bertz CT molecular complexity index is 679. The van der Waals surface area contributed by atoms with Crippen LogP contribution in [-0.4, -0.2) is 44.0 Å². The van der Waals surface area contributed by atoms with Crippen LogP contribution in [0.4, 0.5) is 0 Å². The molecule has 0 spiro atoms. The zero-order chi connectivity index (χ0) is 15.7. The van der Waals surface area contributed by atoms with Crippen molar-refractivity contribution in [1.82, 2.24) is 14.7 Å². The molecular formula is C15H19N3O3S. The number of hydrogen-bond donors (Lipinski definition) is 2. The highest BCUT2D eigenvalue weighted by molar-refractivity contribution is 7.13. The zero-order valence-electron chi connectivity index (χ0n) is 12.4. The average molecular weight is 321 g/mol. The molecule has 118 valence electrons. The summed E-state index contributed by atoms with van der Waals surface area (Å²) in [6.07, 6.45) is -0.150. The van der Waals surface area contributed by atoms with E-state index in [9.17, 15) is 9.90 Å². The molecular weight excluding hydrogens is 302 g/mol. The molecule has 2 aromatic rings. The summed E-state index contributed by atoms with van der Waals surface area (Å²) in [4.78, 5) is 16.3. The number of carbonyl (C=O) groups is 1. The molecule has 0 unspecified atom stereocenters. The Balaban J connectivity index is 1.81. The summed E-state index contributed by atoms with van der Waals surface area (Å²) in [6.45, 7) is 3.51. The zero-order valence-corrected chi connectivity index (χ0v) is 13.2. The summed E-state index contributed by atoms with van der Waals surface area (Å²) in [7, 11) is 0. The van der Waals surface area contributed by atoms with Gasteiger partial charge in [-0.3, -0.25) is 9.48 Å². The van der Waals surface area contributed by atoms with Crippen LogP contribution < -0.4 is 0 Å². The van der Waals surface area contributed by atoms with Crippen molar-refractivity contribution in [3.05, 3.63) is 39.3 Å². The highest BCUT2D eigenvalue weighted by Gasteiger charge is 2.23. The number of rotatable bonds is 3. The predicted molar refractivity (Wildman–Crippen MR) is 82.7 cm³/mol. The highest BCUT2D eigenvalue weighted by atomic mass is 32.1. The second-order valence-electron chi connectivity index (χ2n) is 5.47. The van der Waals surface area contributed by atoms with Crippen molar-refractivity contribution in [2.24, 2.45) is 0 Å². The third kappa shape index (κ3) is 2.92. The Morgan fingerprint density at radius 1 is 1.45 bits per heavy atom. The van der Waals surface area contributed by atoms with Crippen molar-refractivity contribution in [2.75, 3.05) is 13.2 Å². The fourth-order valence-electron chi connectivity index (χ4n) is 2.62. The lowest BCUT2D eigenvalue weighted by Crippen LogP contribution is -2.30. The van der Waals surface area contributed by atoms with Crippen LogP contribution in [0.15, 0.2) is 18.2 Å². The normalized spacial score (nSPS) is 16.2. The second-order valence-corrected chi connectivity index (χ2v) is 6.76. The maximum absolute atomic E-state index is 12.6. The third-order valence-corrected chi connectivity index (χ3v) is 4.77. The molecule has 7 heteroatoms. The number of aromatic nitrogens is 2. The number of aryl methyl sites for hydroxylation is 2. The first-order valence-corrected chi connectivity index (χ1v) is 8.11. The van der Waals surface area contributed by atoms with E-state index in [2.05, 4.69) is 5.10 Å². The lowest BCUT2D eigenvalue weighted by molar-refractivity contribution is 0.0750. The standard InChI is InChI=1S/C15H19N3O3S/c1-10-3-4-14(22-10)15(21)17-5-2-6-18-11(8-17)7-12(16-18)13(20)9-19/h3-4,7,13,19-20H,2,5-6,8-9H2,1H3/t13-/m1/s1. The summed E-state index contributed by atoms with van der Waals surface area (Å²) in [6, 6.07) is 5.59. The molecule has 0 aliphatic carbocycles. The summed E-state index contributed by atoms with van der Waals surface area (Å²) >= 11 is 1.50. The Kier molecular flexibility index (Phi) is 4.28. The van der Waals surface area contributed by atoms with Crippen LogP contribution in [0.3, 0.4) is 0 Å². The predicted octanol–water partition coefficient (Wildman–Crippen LogP) is 1.32. The molecule has 0 aromatic carbocycles. The van der Waals surface area contributed by atoms with Gasteiger partial charge in [-0.1, -0.05) is 0 Å². The van der Waals surface area contributed by atoms with Gasteiger partial charge in [-0.2, -0.15) is 5.10 Å².